The van der Waals surface area contributed by atoms with Crippen LogP contribution in [0.4, 0.5) is 17.6 Å². The van der Waals surface area contributed by atoms with Gasteiger partial charge in [-0.15, -0.1) is 0 Å². The minimum absolute atomic E-state index is 0.111. The summed E-state index contributed by atoms with van der Waals surface area (Å²) in [7, 11) is 0. The Labute approximate surface area is 78.5 Å². The number of hydrogen-bond donors (Lipinski definition) is 1. The van der Waals surface area contributed by atoms with Crippen molar-refractivity contribution in [3.05, 3.63) is 35.4 Å². The number of halogens is 4. The first-order valence-corrected chi connectivity index (χ1v) is 3.98. The maximum absolute atomic E-state index is 12.7. The van der Waals surface area contributed by atoms with E-state index in [2.05, 4.69) is 0 Å². The Balaban J connectivity index is 3.04. The summed E-state index contributed by atoms with van der Waals surface area (Å²) >= 11 is 0. The lowest BCUT2D eigenvalue weighted by atomic mass is 9.99. The normalized spacial score (nSPS) is 13.3. The SMILES string of the molecule is NCC(c1cc(F)cc(F)c1)C(F)F. The molecule has 1 unspecified atom stereocenters. The average molecular weight is 207 g/mol. The second-order valence-electron chi connectivity index (χ2n) is 2.88. The first-order valence-electron chi connectivity index (χ1n) is 3.98. The van der Waals surface area contributed by atoms with Gasteiger partial charge < -0.3 is 5.73 Å². The minimum atomic E-state index is -2.72. The zero-order valence-electron chi connectivity index (χ0n) is 7.18. The molecule has 0 bridgehead atoms. The fourth-order valence-electron chi connectivity index (χ4n) is 1.17. The molecule has 0 aliphatic rings. The summed E-state index contributed by atoms with van der Waals surface area (Å²) in [6, 6.07) is 2.36. The van der Waals surface area contributed by atoms with Crippen LogP contribution in [0.2, 0.25) is 0 Å². The lowest BCUT2D eigenvalue weighted by molar-refractivity contribution is 0.117. The van der Waals surface area contributed by atoms with Crippen LogP contribution in [0, 0.1) is 11.6 Å². The number of benzene rings is 1. The Kier molecular flexibility index (Phi) is 3.46. The highest BCUT2D eigenvalue weighted by atomic mass is 19.3. The average Bonchev–Trinajstić information content (AvgIpc) is 2.02. The van der Waals surface area contributed by atoms with Crippen molar-refractivity contribution in [2.75, 3.05) is 6.54 Å². The number of rotatable bonds is 3. The van der Waals surface area contributed by atoms with Crippen LogP contribution in [0.15, 0.2) is 18.2 Å². The highest BCUT2D eigenvalue weighted by Crippen LogP contribution is 2.23. The predicted molar refractivity (Wildman–Crippen MR) is 44.2 cm³/mol. The second-order valence-corrected chi connectivity index (χ2v) is 2.88. The molecule has 0 spiro atoms. The van der Waals surface area contributed by atoms with Gasteiger partial charge in [0.2, 0.25) is 6.43 Å². The quantitative estimate of drug-likeness (QED) is 0.756. The summed E-state index contributed by atoms with van der Waals surface area (Å²) < 4.78 is 50.0. The van der Waals surface area contributed by atoms with Gasteiger partial charge in [0.1, 0.15) is 11.6 Å². The molecule has 0 saturated carbocycles. The van der Waals surface area contributed by atoms with Crippen LogP contribution in [0.25, 0.3) is 0 Å². The molecule has 1 aromatic carbocycles. The largest absolute Gasteiger partial charge is 0.330 e. The Morgan fingerprint density at radius 2 is 1.57 bits per heavy atom. The van der Waals surface area contributed by atoms with Crippen LogP contribution < -0.4 is 5.73 Å². The van der Waals surface area contributed by atoms with Gasteiger partial charge in [0.05, 0.1) is 5.92 Å². The van der Waals surface area contributed by atoms with E-state index in [1.807, 2.05) is 0 Å². The van der Waals surface area contributed by atoms with Crippen LogP contribution in [0.3, 0.4) is 0 Å². The molecule has 0 saturated heterocycles. The molecule has 1 aromatic rings. The minimum Gasteiger partial charge on any atom is -0.330 e. The summed E-state index contributed by atoms with van der Waals surface area (Å²) in [4.78, 5) is 0. The van der Waals surface area contributed by atoms with E-state index in [0.29, 0.717) is 6.07 Å². The molecule has 1 rings (SSSR count). The molecule has 1 nitrogen and oxygen atoms in total. The van der Waals surface area contributed by atoms with E-state index in [1.54, 1.807) is 0 Å². The molecule has 1 atom stereocenters. The maximum atomic E-state index is 12.7. The summed E-state index contributed by atoms with van der Waals surface area (Å²) in [5.74, 6) is -3.07. The highest BCUT2D eigenvalue weighted by Gasteiger charge is 2.21. The molecule has 0 aliphatic carbocycles. The Hall–Kier alpha value is -1.10. The van der Waals surface area contributed by atoms with Gasteiger partial charge in [-0.3, -0.25) is 0 Å². The molecular formula is C9H9F4N. The molecule has 2 N–H and O–H groups in total. The van der Waals surface area contributed by atoms with Crippen LogP contribution in [0.5, 0.6) is 0 Å². The van der Waals surface area contributed by atoms with Gasteiger partial charge in [-0.1, -0.05) is 0 Å². The summed E-state index contributed by atoms with van der Waals surface area (Å²) in [5.41, 5.74) is 4.97. The van der Waals surface area contributed by atoms with Crippen LogP contribution >= 0.6 is 0 Å². The van der Waals surface area contributed by atoms with E-state index in [1.165, 1.54) is 0 Å². The fraction of sp³-hybridized carbons (Fsp3) is 0.333. The molecule has 0 aliphatic heterocycles. The predicted octanol–water partition coefficient (Wildman–Crippen LogP) is 2.27. The van der Waals surface area contributed by atoms with E-state index in [-0.39, 0.29) is 12.1 Å². The lowest BCUT2D eigenvalue weighted by Gasteiger charge is -2.13. The van der Waals surface area contributed by atoms with Gasteiger partial charge in [-0.05, 0) is 17.7 Å². The van der Waals surface area contributed by atoms with E-state index in [4.69, 9.17) is 5.73 Å². The van der Waals surface area contributed by atoms with Gasteiger partial charge >= 0.3 is 0 Å². The third-order valence-electron chi connectivity index (χ3n) is 1.87. The number of alkyl halides is 2. The Morgan fingerprint density at radius 3 is 1.93 bits per heavy atom. The third-order valence-corrected chi connectivity index (χ3v) is 1.87. The first kappa shape index (κ1) is 11.0. The summed E-state index contributed by atoms with van der Waals surface area (Å²) in [6.07, 6.45) is -2.72. The molecule has 14 heavy (non-hydrogen) atoms. The monoisotopic (exact) mass is 207 g/mol. The van der Waals surface area contributed by atoms with Crippen molar-refractivity contribution in [2.45, 2.75) is 12.3 Å². The molecule has 0 aromatic heterocycles. The Morgan fingerprint density at radius 1 is 1.07 bits per heavy atom. The van der Waals surface area contributed by atoms with Crippen molar-refractivity contribution in [3.63, 3.8) is 0 Å². The molecular weight excluding hydrogens is 198 g/mol. The second kappa shape index (κ2) is 4.41. The lowest BCUT2D eigenvalue weighted by Crippen LogP contribution is -2.19. The van der Waals surface area contributed by atoms with Gasteiger partial charge in [0.15, 0.2) is 0 Å². The summed E-state index contributed by atoms with van der Waals surface area (Å²) in [5, 5.41) is 0. The Bertz CT molecular complexity index is 293. The molecule has 0 fully saturated rings. The maximum Gasteiger partial charge on any atom is 0.246 e. The van der Waals surface area contributed by atoms with Crippen LogP contribution in [0.1, 0.15) is 11.5 Å². The van der Waals surface area contributed by atoms with E-state index >= 15 is 0 Å². The van der Waals surface area contributed by atoms with E-state index < -0.39 is 24.0 Å². The van der Waals surface area contributed by atoms with Crippen molar-refractivity contribution in [3.8, 4) is 0 Å². The standard InChI is InChI=1S/C9H9F4N/c10-6-1-5(2-7(11)3-6)8(4-14)9(12)13/h1-3,8-9H,4,14H2. The molecule has 0 amide bonds. The van der Waals surface area contributed by atoms with Gasteiger partial charge in [-0.25, -0.2) is 17.6 Å². The topological polar surface area (TPSA) is 26.0 Å². The van der Waals surface area contributed by atoms with Crippen molar-refractivity contribution >= 4 is 0 Å². The van der Waals surface area contributed by atoms with Gasteiger partial charge in [0, 0.05) is 12.6 Å². The van der Waals surface area contributed by atoms with Crippen molar-refractivity contribution < 1.29 is 17.6 Å². The van der Waals surface area contributed by atoms with Crippen molar-refractivity contribution in [1.29, 1.82) is 0 Å². The molecule has 5 heteroatoms. The first-order chi connectivity index (χ1) is 6.54. The van der Waals surface area contributed by atoms with E-state index in [9.17, 15) is 17.6 Å². The third kappa shape index (κ3) is 2.45. The highest BCUT2D eigenvalue weighted by molar-refractivity contribution is 5.22. The van der Waals surface area contributed by atoms with Crippen molar-refractivity contribution in [1.82, 2.24) is 0 Å². The van der Waals surface area contributed by atoms with Crippen molar-refractivity contribution in [2.24, 2.45) is 5.73 Å². The molecule has 0 radical (unpaired) electrons. The molecule has 0 heterocycles. The van der Waals surface area contributed by atoms with E-state index in [0.717, 1.165) is 12.1 Å². The smallest absolute Gasteiger partial charge is 0.246 e. The summed E-state index contributed by atoms with van der Waals surface area (Å²) in [6.45, 7) is -0.347. The zero-order chi connectivity index (χ0) is 10.7. The fourth-order valence-corrected chi connectivity index (χ4v) is 1.17. The van der Waals surface area contributed by atoms with Gasteiger partial charge in [0.25, 0.3) is 0 Å². The van der Waals surface area contributed by atoms with Gasteiger partial charge in [-0.2, -0.15) is 0 Å². The number of hydrogen-bond acceptors (Lipinski definition) is 1. The van der Waals surface area contributed by atoms with Crippen LogP contribution in [-0.4, -0.2) is 13.0 Å². The molecule has 78 valence electrons. The van der Waals surface area contributed by atoms with Crippen LogP contribution in [-0.2, 0) is 0 Å². The zero-order valence-corrected chi connectivity index (χ0v) is 7.18. The number of nitrogens with two attached hydrogens (primary N) is 1.